The van der Waals surface area contributed by atoms with Crippen LogP contribution in [0, 0.1) is 6.42 Å². The number of rotatable bonds is 0. The molecule has 0 aromatic rings. The molecule has 0 bridgehead atoms. The summed E-state index contributed by atoms with van der Waals surface area (Å²) in [5, 5.41) is 0. The lowest BCUT2D eigenvalue weighted by atomic mass is 10.1. The lowest BCUT2D eigenvalue weighted by Crippen LogP contribution is -1.74. The molecular weight excluding hydrogens is 108 g/mol. The summed E-state index contributed by atoms with van der Waals surface area (Å²) in [5.74, 6) is 0. The quantitative estimate of drug-likeness (QED) is 0.463. The Labute approximate surface area is 58.0 Å². The zero-order chi connectivity index (χ0) is 6.36. The molecule has 0 amide bonds. The van der Waals surface area contributed by atoms with E-state index in [0.29, 0.717) is 0 Å². The molecule has 0 aromatic heterocycles. The molecule has 50 valence electrons. The van der Waals surface area contributed by atoms with Crippen LogP contribution >= 0.6 is 0 Å². The Morgan fingerprint density at radius 2 is 1.89 bits per heavy atom. The molecule has 0 unspecified atom stereocenters. The highest BCUT2D eigenvalue weighted by molar-refractivity contribution is 4.94. The largest absolute Gasteiger partial charge is 0.0879 e. The Morgan fingerprint density at radius 3 is 2.89 bits per heavy atom. The Bertz CT molecular complexity index is 72.0. The molecule has 0 heteroatoms. The fourth-order valence-corrected chi connectivity index (χ4v) is 1.09. The van der Waals surface area contributed by atoms with E-state index in [9.17, 15) is 0 Å². The van der Waals surface area contributed by atoms with E-state index < -0.39 is 0 Å². The average molecular weight is 122 g/mol. The summed E-state index contributed by atoms with van der Waals surface area (Å²) >= 11 is 0. The monoisotopic (exact) mass is 122 g/mol. The van der Waals surface area contributed by atoms with Crippen LogP contribution in [0.25, 0.3) is 0 Å². The van der Waals surface area contributed by atoms with Crippen LogP contribution in [0.1, 0.15) is 38.5 Å². The number of hydrogen-bond donors (Lipinski definition) is 0. The Morgan fingerprint density at radius 1 is 1.00 bits per heavy atom. The molecule has 1 aliphatic carbocycles. The van der Waals surface area contributed by atoms with Gasteiger partial charge in [0, 0.05) is 6.42 Å². The number of hydrogen-bond acceptors (Lipinski definition) is 0. The molecule has 0 N–H and O–H groups in total. The summed E-state index contributed by atoms with van der Waals surface area (Å²) in [6, 6.07) is 0. The summed E-state index contributed by atoms with van der Waals surface area (Å²) < 4.78 is 0. The molecule has 0 nitrogen and oxygen atoms in total. The molecule has 0 aliphatic heterocycles. The molecule has 0 spiro atoms. The molecule has 9 heavy (non-hydrogen) atoms. The molecule has 2 radical (unpaired) electrons. The maximum atomic E-state index is 3.25. The van der Waals surface area contributed by atoms with Crippen molar-refractivity contribution in [1.82, 2.24) is 0 Å². The van der Waals surface area contributed by atoms with Crippen LogP contribution in [-0.2, 0) is 0 Å². The van der Waals surface area contributed by atoms with Gasteiger partial charge in [-0.15, -0.1) is 0 Å². The average Bonchev–Trinajstić information content (AvgIpc) is 2.00. The van der Waals surface area contributed by atoms with Gasteiger partial charge in [-0.1, -0.05) is 31.4 Å². The van der Waals surface area contributed by atoms with Crippen LogP contribution in [0.3, 0.4) is 0 Å². The van der Waals surface area contributed by atoms with E-state index in [4.69, 9.17) is 0 Å². The van der Waals surface area contributed by atoms with Crippen molar-refractivity contribution in [2.45, 2.75) is 38.5 Å². The Kier molecular flexibility index (Phi) is 3.51. The second-order valence-corrected chi connectivity index (χ2v) is 2.56. The SMILES string of the molecule is [C]1/C=C\CCCCCC1. The van der Waals surface area contributed by atoms with Crippen LogP contribution in [0.4, 0.5) is 0 Å². The van der Waals surface area contributed by atoms with E-state index in [0.717, 1.165) is 6.42 Å². The third-order valence-electron chi connectivity index (χ3n) is 1.68. The van der Waals surface area contributed by atoms with Crippen molar-refractivity contribution in [1.29, 1.82) is 0 Å². The van der Waals surface area contributed by atoms with Gasteiger partial charge >= 0.3 is 0 Å². The first-order chi connectivity index (χ1) is 4.50. The van der Waals surface area contributed by atoms with Gasteiger partial charge in [0.25, 0.3) is 0 Å². The van der Waals surface area contributed by atoms with Crippen molar-refractivity contribution in [3.8, 4) is 0 Å². The third-order valence-corrected chi connectivity index (χ3v) is 1.68. The van der Waals surface area contributed by atoms with E-state index in [1.807, 2.05) is 0 Å². The van der Waals surface area contributed by atoms with Crippen molar-refractivity contribution in [3.63, 3.8) is 0 Å². The maximum Gasteiger partial charge on any atom is 0.00808 e. The summed E-state index contributed by atoms with van der Waals surface area (Å²) in [6.07, 6.45) is 15.5. The van der Waals surface area contributed by atoms with Crippen molar-refractivity contribution in [2.75, 3.05) is 0 Å². The van der Waals surface area contributed by atoms with Gasteiger partial charge in [0.05, 0.1) is 0 Å². The van der Waals surface area contributed by atoms with Crippen LogP contribution in [0.15, 0.2) is 12.2 Å². The summed E-state index contributed by atoms with van der Waals surface area (Å²) in [4.78, 5) is 0. The second kappa shape index (κ2) is 4.60. The molecule has 1 aliphatic rings. The van der Waals surface area contributed by atoms with Gasteiger partial charge in [0.15, 0.2) is 0 Å². The van der Waals surface area contributed by atoms with E-state index in [2.05, 4.69) is 18.6 Å². The van der Waals surface area contributed by atoms with Gasteiger partial charge in [-0.05, 0) is 19.3 Å². The fraction of sp³-hybridized carbons (Fsp3) is 0.667. The van der Waals surface area contributed by atoms with Gasteiger partial charge < -0.3 is 0 Å². The lowest BCUT2D eigenvalue weighted by Gasteiger charge is -1.93. The molecular formula is C9H14. The zero-order valence-electron chi connectivity index (χ0n) is 5.90. The fourth-order valence-electron chi connectivity index (χ4n) is 1.09. The van der Waals surface area contributed by atoms with Gasteiger partial charge in [-0.2, -0.15) is 0 Å². The predicted octanol–water partition coefficient (Wildman–Crippen LogP) is 2.98. The van der Waals surface area contributed by atoms with Gasteiger partial charge in [0.2, 0.25) is 0 Å². The van der Waals surface area contributed by atoms with Crippen LogP contribution < -0.4 is 0 Å². The van der Waals surface area contributed by atoms with Gasteiger partial charge in [-0.25, -0.2) is 0 Å². The first-order valence-corrected chi connectivity index (χ1v) is 3.88. The molecule has 1 rings (SSSR count). The molecule has 0 saturated heterocycles. The standard InChI is InChI=1S/C9H14/c1-2-4-6-8-9-7-5-3-1/h1-2H,3,5-9H2/b2-1-. The minimum absolute atomic E-state index is 1.16. The first-order valence-electron chi connectivity index (χ1n) is 3.88. The Balaban J connectivity index is 2.15. The lowest BCUT2D eigenvalue weighted by molar-refractivity contribution is 0.653. The van der Waals surface area contributed by atoms with E-state index >= 15 is 0 Å². The summed E-state index contributed by atoms with van der Waals surface area (Å²) in [7, 11) is 0. The highest BCUT2D eigenvalue weighted by atomic mass is 14.0. The number of allylic oxidation sites excluding steroid dienone is 2. The van der Waals surface area contributed by atoms with Crippen molar-refractivity contribution >= 4 is 0 Å². The first kappa shape index (κ1) is 6.85. The minimum Gasteiger partial charge on any atom is -0.0879 e. The van der Waals surface area contributed by atoms with E-state index in [1.54, 1.807) is 0 Å². The van der Waals surface area contributed by atoms with Crippen LogP contribution in [-0.4, -0.2) is 0 Å². The molecule has 0 saturated carbocycles. The third kappa shape index (κ3) is 3.34. The van der Waals surface area contributed by atoms with Gasteiger partial charge in [0.1, 0.15) is 0 Å². The minimum atomic E-state index is 1.16. The predicted molar refractivity (Wildman–Crippen MR) is 40.1 cm³/mol. The molecule has 0 heterocycles. The molecule has 0 atom stereocenters. The van der Waals surface area contributed by atoms with Crippen LogP contribution in [0.5, 0.6) is 0 Å². The van der Waals surface area contributed by atoms with Crippen molar-refractivity contribution < 1.29 is 0 Å². The van der Waals surface area contributed by atoms with E-state index in [1.165, 1.54) is 32.1 Å². The Hall–Kier alpha value is -0.260. The van der Waals surface area contributed by atoms with Crippen molar-refractivity contribution in [3.05, 3.63) is 18.6 Å². The van der Waals surface area contributed by atoms with Crippen molar-refractivity contribution in [2.24, 2.45) is 0 Å². The molecule has 0 fully saturated rings. The smallest absolute Gasteiger partial charge is 0.00808 e. The maximum absolute atomic E-state index is 3.25. The zero-order valence-corrected chi connectivity index (χ0v) is 5.90. The summed E-state index contributed by atoms with van der Waals surface area (Å²) in [6.45, 7) is 0. The topological polar surface area (TPSA) is 0 Å². The molecule has 0 aromatic carbocycles. The second-order valence-electron chi connectivity index (χ2n) is 2.56. The van der Waals surface area contributed by atoms with Crippen LogP contribution in [0.2, 0.25) is 0 Å². The highest BCUT2D eigenvalue weighted by Crippen LogP contribution is 2.10. The highest BCUT2D eigenvalue weighted by Gasteiger charge is 1.91. The van der Waals surface area contributed by atoms with Gasteiger partial charge in [-0.3, -0.25) is 0 Å². The normalized spacial score (nSPS) is 25.8. The summed E-state index contributed by atoms with van der Waals surface area (Å²) in [5.41, 5.74) is 0. The van der Waals surface area contributed by atoms with E-state index in [-0.39, 0.29) is 0 Å².